The van der Waals surface area contributed by atoms with E-state index in [2.05, 4.69) is 68.1 Å². The van der Waals surface area contributed by atoms with Crippen molar-refractivity contribution in [2.75, 3.05) is 10.6 Å². The lowest BCUT2D eigenvalue weighted by atomic mass is 9.94. The van der Waals surface area contributed by atoms with Crippen LogP contribution < -0.4 is 10.6 Å². The molecule has 0 fully saturated rings. The van der Waals surface area contributed by atoms with Crippen LogP contribution in [0.15, 0.2) is 54.6 Å². The van der Waals surface area contributed by atoms with Gasteiger partial charge in [-0.3, -0.25) is 0 Å². The average Bonchev–Trinajstić information content (AvgIpc) is 2.42. The van der Waals surface area contributed by atoms with Crippen molar-refractivity contribution in [3.05, 3.63) is 54.6 Å². The van der Waals surface area contributed by atoms with E-state index in [0.29, 0.717) is 0 Å². The van der Waals surface area contributed by atoms with E-state index >= 15 is 0 Å². The Bertz CT molecular complexity index is 529. The van der Waals surface area contributed by atoms with Gasteiger partial charge < -0.3 is 10.6 Å². The summed E-state index contributed by atoms with van der Waals surface area (Å²) in [6.07, 6.45) is 2.29. The Kier molecular flexibility index (Phi) is 4.33. The molecule has 0 aliphatic rings. The lowest BCUT2D eigenvalue weighted by Crippen LogP contribution is -2.40. The highest BCUT2D eigenvalue weighted by molar-refractivity contribution is 5.67. The third-order valence-electron chi connectivity index (χ3n) is 3.63. The lowest BCUT2D eigenvalue weighted by Gasteiger charge is -2.40. The summed E-state index contributed by atoms with van der Waals surface area (Å²) in [5, 5.41) is 0. The van der Waals surface area contributed by atoms with Crippen LogP contribution in [0.3, 0.4) is 0 Å². The second-order valence-electron chi connectivity index (χ2n) is 5.82. The van der Waals surface area contributed by atoms with Crippen molar-refractivity contribution >= 4 is 17.1 Å². The smallest absolute Gasteiger partial charge is 0.0417 e. The monoisotopic (exact) mass is 268 g/mol. The Morgan fingerprint density at radius 3 is 2.00 bits per heavy atom. The van der Waals surface area contributed by atoms with E-state index in [1.807, 2.05) is 12.1 Å². The van der Waals surface area contributed by atoms with E-state index < -0.39 is 0 Å². The molecule has 2 heteroatoms. The highest BCUT2D eigenvalue weighted by Gasteiger charge is 2.27. The van der Waals surface area contributed by atoms with Gasteiger partial charge in [0.1, 0.15) is 0 Å². The molecule has 0 bridgehead atoms. The minimum atomic E-state index is 0.0617. The first-order valence-corrected chi connectivity index (χ1v) is 7.25. The number of anilines is 3. The summed E-state index contributed by atoms with van der Waals surface area (Å²) in [5.41, 5.74) is 9.08. The summed E-state index contributed by atoms with van der Waals surface area (Å²) >= 11 is 0. The standard InChI is InChI=1S/C18H24N2/c1-4-14-18(2,3)20(16-8-6-5-7-9-16)17-12-10-15(19)11-13-17/h5-13H,4,14,19H2,1-3H3. The van der Waals surface area contributed by atoms with Gasteiger partial charge in [0.25, 0.3) is 0 Å². The van der Waals surface area contributed by atoms with Crippen molar-refractivity contribution in [1.29, 1.82) is 0 Å². The molecule has 2 rings (SSSR count). The molecule has 20 heavy (non-hydrogen) atoms. The predicted octanol–water partition coefficient (Wildman–Crippen LogP) is 4.99. The maximum absolute atomic E-state index is 5.81. The van der Waals surface area contributed by atoms with E-state index in [1.54, 1.807) is 0 Å². The highest BCUT2D eigenvalue weighted by Crippen LogP contribution is 2.35. The second kappa shape index (κ2) is 6.00. The maximum Gasteiger partial charge on any atom is 0.0417 e. The molecule has 0 saturated heterocycles. The van der Waals surface area contributed by atoms with Crippen molar-refractivity contribution in [1.82, 2.24) is 0 Å². The van der Waals surface area contributed by atoms with Crippen LogP contribution in [-0.2, 0) is 0 Å². The quantitative estimate of drug-likeness (QED) is 0.774. The molecular formula is C18H24N2. The predicted molar refractivity (Wildman–Crippen MR) is 88.4 cm³/mol. The molecule has 2 N–H and O–H groups in total. The van der Waals surface area contributed by atoms with Crippen LogP contribution in [0.1, 0.15) is 33.6 Å². The molecule has 0 heterocycles. The number of rotatable bonds is 5. The molecule has 0 radical (unpaired) electrons. The fraction of sp³-hybridized carbons (Fsp3) is 0.333. The Labute approximate surface area is 122 Å². The largest absolute Gasteiger partial charge is 0.399 e. The van der Waals surface area contributed by atoms with Crippen molar-refractivity contribution in [2.45, 2.75) is 39.2 Å². The molecule has 0 atom stereocenters. The molecule has 2 nitrogen and oxygen atoms in total. The molecule has 0 aliphatic heterocycles. The first-order valence-electron chi connectivity index (χ1n) is 7.25. The zero-order valence-electron chi connectivity index (χ0n) is 12.6. The van der Waals surface area contributed by atoms with Crippen molar-refractivity contribution in [2.24, 2.45) is 0 Å². The van der Waals surface area contributed by atoms with Crippen LogP contribution in [0.2, 0.25) is 0 Å². The molecule has 106 valence electrons. The number of benzene rings is 2. The summed E-state index contributed by atoms with van der Waals surface area (Å²) in [6.45, 7) is 6.81. The molecule has 0 aliphatic carbocycles. The average molecular weight is 268 g/mol. The Morgan fingerprint density at radius 1 is 0.900 bits per heavy atom. The van der Waals surface area contributed by atoms with Gasteiger partial charge in [-0.2, -0.15) is 0 Å². The molecule has 2 aromatic carbocycles. The zero-order valence-corrected chi connectivity index (χ0v) is 12.6. The van der Waals surface area contributed by atoms with Crippen LogP contribution in [0.5, 0.6) is 0 Å². The first-order chi connectivity index (χ1) is 9.54. The van der Waals surface area contributed by atoms with E-state index in [1.165, 1.54) is 11.4 Å². The van der Waals surface area contributed by atoms with E-state index in [-0.39, 0.29) is 5.54 Å². The molecule has 0 aromatic heterocycles. The Balaban J connectivity index is 2.47. The molecule has 0 spiro atoms. The summed E-state index contributed by atoms with van der Waals surface area (Å²) in [4.78, 5) is 2.40. The van der Waals surface area contributed by atoms with Gasteiger partial charge in [-0.15, -0.1) is 0 Å². The summed E-state index contributed by atoms with van der Waals surface area (Å²) in [6, 6.07) is 18.7. The fourth-order valence-electron chi connectivity index (χ4n) is 2.77. The van der Waals surface area contributed by atoms with Crippen LogP contribution in [-0.4, -0.2) is 5.54 Å². The maximum atomic E-state index is 5.81. The van der Waals surface area contributed by atoms with E-state index in [0.717, 1.165) is 18.5 Å². The second-order valence-corrected chi connectivity index (χ2v) is 5.82. The number of nitrogens with two attached hydrogens (primary N) is 1. The molecule has 0 saturated carbocycles. The minimum absolute atomic E-state index is 0.0617. The van der Waals surface area contributed by atoms with Gasteiger partial charge in [0, 0.05) is 22.6 Å². The van der Waals surface area contributed by atoms with Gasteiger partial charge in [-0.05, 0) is 56.7 Å². The molecule has 2 aromatic rings. The highest BCUT2D eigenvalue weighted by atomic mass is 15.2. The molecular weight excluding hydrogens is 244 g/mol. The number of hydrogen-bond acceptors (Lipinski definition) is 2. The molecule has 0 amide bonds. The lowest BCUT2D eigenvalue weighted by molar-refractivity contribution is 0.459. The van der Waals surface area contributed by atoms with Crippen LogP contribution in [0.25, 0.3) is 0 Å². The topological polar surface area (TPSA) is 29.3 Å². The summed E-state index contributed by atoms with van der Waals surface area (Å²) in [5.74, 6) is 0. The van der Waals surface area contributed by atoms with Gasteiger partial charge in [0.15, 0.2) is 0 Å². The number of nitrogens with zero attached hydrogens (tertiary/aromatic N) is 1. The van der Waals surface area contributed by atoms with Gasteiger partial charge >= 0.3 is 0 Å². The van der Waals surface area contributed by atoms with Crippen molar-refractivity contribution in [3.8, 4) is 0 Å². The Hall–Kier alpha value is -1.96. The van der Waals surface area contributed by atoms with Gasteiger partial charge in [-0.25, -0.2) is 0 Å². The van der Waals surface area contributed by atoms with Crippen LogP contribution in [0, 0.1) is 0 Å². The molecule has 0 unspecified atom stereocenters. The van der Waals surface area contributed by atoms with Gasteiger partial charge in [0.2, 0.25) is 0 Å². The van der Waals surface area contributed by atoms with Crippen LogP contribution >= 0.6 is 0 Å². The number of para-hydroxylation sites is 1. The summed E-state index contributed by atoms with van der Waals surface area (Å²) < 4.78 is 0. The number of hydrogen-bond donors (Lipinski definition) is 1. The first kappa shape index (κ1) is 14.4. The van der Waals surface area contributed by atoms with Crippen molar-refractivity contribution in [3.63, 3.8) is 0 Å². The third kappa shape index (κ3) is 3.13. The van der Waals surface area contributed by atoms with Crippen molar-refractivity contribution < 1.29 is 0 Å². The Morgan fingerprint density at radius 2 is 1.45 bits per heavy atom. The van der Waals surface area contributed by atoms with Gasteiger partial charge in [0.05, 0.1) is 0 Å². The summed E-state index contributed by atoms with van der Waals surface area (Å²) in [7, 11) is 0. The fourth-order valence-corrected chi connectivity index (χ4v) is 2.77. The zero-order chi connectivity index (χ0) is 14.6. The number of nitrogen functional groups attached to an aromatic ring is 1. The SMILES string of the molecule is CCCC(C)(C)N(c1ccccc1)c1ccc(N)cc1. The van der Waals surface area contributed by atoms with E-state index in [9.17, 15) is 0 Å². The van der Waals surface area contributed by atoms with Gasteiger partial charge in [-0.1, -0.05) is 31.5 Å². The normalized spacial score (nSPS) is 11.3. The third-order valence-corrected chi connectivity index (χ3v) is 3.63. The van der Waals surface area contributed by atoms with Crippen LogP contribution in [0.4, 0.5) is 17.1 Å². The minimum Gasteiger partial charge on any atom is -0.399 e. The van der Waals surface area contributed by atoms with E-state index in [4.69, 9.17) is 5.73 Å².